The molecule has 2 rings (SSSR count). The normalized spacial score (nSPS) is 10.7. The molecule has 0 atom stereocenters. The Morgan fingerprint density at radius 2 is 2.00 bits per heavy atom. The number of phenols is 1. The van der Waals surface area contributed by atoms with Gasteiger partial charge in [-0.15, -0.1) is 0 Å². The summed E-state index contributed by atoms with van der Waals surface area (Å²) in [6.45, 7) is 0.287. The molecule has 4 heteroatoms. The van der Waals surface area contributed by atoms with E-state index in [4.69, 9.17) is 5.73 Å². The van der Waals surface area contributed by atoms with E-state index in [2.05, 4.69) is 15.9 Å². The van der Waals surface area contributed by atoms with Crippen LogP contribution in [0.4, 0.5) is 0 Å². The quantitative estimate of drug-likeness (QED) is 0.856. The predicted molar refractivity (Wildman–Crippen MR) is 71.3 cm³/mol. The number of fused-ring (bicyclic) bond motifs is 1. The number of nitrogens with two attached hydrogens (primary N) is 1. The lowest BCUT2D eigenvalue weighted by atomic mass is 10.0. The van der Waals surface area contributed by atoms with E-state index in [0.717, 1.165) is 15.2 Å². The number of phenolic OH excluding ortho intramolecular Hbond substituents is 1. The number of ketones is 1. The van der Waals surface area contributed by atoms with Crippen molar-refractivity contribution in [3.63, 3.8) is 0 Å². The van der Waals surface area contributed by atoms with E-state index in [-0.39, 0.29) is 24.5 Å². The van der Waals surface area contributed by atoms with E-state index < -0.39 is 0 Å². The van der Waals surface area contributed by atoms with Gasteiger partial charge in [0.2, 0.25) is 0 Å². The average molecular weight is 294 g/mol. The number of hydrogen-bond donors (Lipinski definition) is 2. The van der Waals surface area contributed by atoms with Crippen molar-refractivity contribution in [2.24, 2.45) is 5.73 Å². The highest BCUT2D eigenvalue weighted by molar-refractivity contribution is 9.10. The molecular formula is C13H12BrNO2. The van der Waals surface area contributed by atoms with Gasteiger partial charge in [0, 0.05) is 10.9 Å². The Hall–Kier alpha value is -1.39. The zero-order valence-electron chi connectivity index (χ0n) is 9.11. The standard InChI is InChI=1S/C13H12BrNO2/c14-10-2-1-8-7-13(17)11(6-9(8)5-10)12(16)3-4-15/h1-2,5-7,17H,3-4,15H2. The Kier molecular flexibility index (Phi) is 3.45. The van der Waals surface area contributed by atoms with Crippen LogP contribution in [0.5, 0.6) is 5.75 Å². The molecule has 0 radical (unpaired) electrons. The van der Waals surface area contributed by atoms with Gasteiger partial charge in [-0.25, -0.2) is 0 Å². The summed E-state index contributed by atoms with van der Waals surface area (Å²) < 4.78 is 0.938. The number of hydrogen-bond acceptors (Lipinski definition) is 3. The number of halogens is 1. The second-order valence-electron chi connectivity index (χ2n) is 3.82. The molecule has 0 fully saturated rings. The van der Waals surface area contributed by atoms with E-state index in [0.29, 0.717) is 5.56 Å². The fraction of sp³-hybridized carbons (Fsp3) is 0.154. The molecule has 2 aromatic rings. The maximum Gasteiger partial charge on any atom is 0.167 e. The predicted octanol–water partition coefficient (Wildman–Crippen LogP) is 2.84. The van der Waals surface area contributed by atoms with Crippen molar-refractivity contribution in [1.82, 2.24) is 0 Å². The molecule has 3 nitrogen and oxygen atoms in total. The van der Waals surface area contributed by atoms with Crippen LogP contribution in [0.1, 0.15) is 16.8 Å². The van der Waals surface area contributed by atoms with E-state index >= 15 is 0 Å². The minimum absolute atomic E-state index is 0.0123. The Bertz CT molecular complexity index is 581. The van der Waals surface area contributed by atoms with Crippen LogP contribution in [0.15, 0.2) is 34.8 Å². The van der Waals surface area contributed by atoms with E-state index in [1.807, 2.05) is 18.2 Å². The van der Waals surface area contributed by atoms with Crippen LogP contribution in [0.3, 0.4) is 0 Å². The molecule has 88 valence electrons. The van der Waals surface area contributed by atoms with Gasteiger partial charge in [0.15, 0.2) is 5.78 Å². The summed E-state index contributed by atoms with van der Waals surface area (Å²) in [6, 6.07) is 8.99. The van der Waals surface area contributed by atoms with Crippen LogP contribution in [-0.4, -0.2) is 17.4 Å². The Morgan fingerprint density at radius 1 is 1.24 bits per heavy atom. The minimum atomic E-state index is -0.133. The molecule has 0 saturated heterocycles. The molecule has 0 aliphatic rings. The third-order valence-electron chi connectivity index (χ3n) is 2.59. The van der Waals surface area contributed by atoms with Gasteiger partial charge in [0.05, 0.1) is 5.56 Å². The summed E-state index contributed by atoms with van der Waals surface area (Å²) in [4.78, 5) is 11.7. The minimum Gasteiger partial charge on any atom is -0.507 e. The molecule has 0 spiro atoms. The molecule has 3 N–H and O–H groups in total. The van der Waals surface area contributed by atoms with Gasteiger partial charge >= 0.3 is 0 Å². The molecule has 0 heterocycles. The Balaban J connectivity index is 2.57. The van der Waals surface area contributed by atoms with Gasteiger partial charge in [-0.3, -0.25) is 4.79 Å². The summed E-state index contributed by atoms with van der Waals surface area (Å²) in [7, 11) is 0. The van der Waals surface area contributed by atoms with E-state index in [1.54, 1.807) is 12.1 Å². The molecule has 0 unspecified atom stereocenters. The molecule has 2 aromatic carbocycles. The molecular weight excluding hydrogens is 282 g/mol. The first-order valence-corrected chi connectivity index (χ1v) is 6.06. The first-order chi connectivity index (χ1) is 8.11. The highest BCUT2D eigenvalue weighted by Crippen LogP contribution is 2.28. The van der Waals surface area contributed by atoms with Crippen molar-refractivity contribution in [1.29, 1.82) is 0 Å². The number of rotatable bonds is 3. The topological polar surface area (TPSA) is 63.3 Å². The SMILES string of the molecule is NCCC(=O)c1cc2cc(Br)ccc2cc1O. The maximum atomic E-state index is 11.7. The molecule has 0 amide bonds. The fourth-order valence-electron chi connectivity index (χ4n) is 1.75. The lowest BCUT2D eigenvalue weighted by Gasteiger charge is -2.06. The maximum absolute atomic E-state index is 11.7. The van der Waals surface area contributed by atoms with Gasteiger partial charge in [-0.05, 0) is 41.6 Å². The number of carbonyl (C=O) groups is 1. The first kappa shape index (κ1) is 12.1. The average Bonchev–Trinajstić information content (AvgIpc) is 2.29. The summed E-state index contributed by atoms with van der Waals surface area (Å²) in [6.07, 6.45) is 0.243. The highest BCUT2D eigenvalue weighted by Gasteiger charge is 2.11. The molecule has 17 heavy (non-hydrogen) atoms. The van der Waals surface area contributed by atoms with Gasteiger partial charge in [-0.1, -0.05) is 22.0 Å². The van der Waals surface area contributed by atoms with E-state index in [9.17, 15) is 9.90 Å². The molecule has 0 saturated carbocycles. The lowest BCUT2D eigenvalue weighted by molar-refractivity contribution is 0.0983. The number of Topliss-reactive ketones (excluding diaryl/α,β-unsaturated/α-hetero) is 1. The molecule has 0 aromatic heterocycles. The third kappa shape index (κ3) is 2.48. The number of benzene rings is 2. The molecule has 0 aliphatic carbocycles. The summed E-state index contributed by atoms with van der Waals surface area (Å²) in [5.41, 5.74) is 5.68. The van der Waals surface area contributed by atoms with Crippen LogP contribution in [0.25, 0.3) is 10.8 Å². The lowest BCUT2D eigenvalue weighted by Crippen LogP contribution is -2.08. The number of aromatic hydroxyl groups is 1. The van der Waals surface area contributed by atoms with Crippen LogP contribution in [-0.2, 0) is 0 Å². The van der Waals surface area contributed by atoms with Gasteiger partial charge < -0.3 is 10.8 Å². The zero-order valence-corrected chi connectivity index (χ0v) is 10.7. The van der Waals surface area contributed by atoms with Gasteiger partial charge in [0.1, 0.15) is 5.75 Å². The fourth-order valence-corrected chi connectivity index (χ4v) is 2.12. The second-order valence-corrected chi connectivity index (χ2v) is 4.74. The van der Waals surface area contributed by atoms with Crippen molar-refractivity contribution < 1.29 is 9.90 Å². The first-order valence-electron chi connectivity index (χ1n) is 5.27. The van der Waals surface area contributed by atoms with Crippen LogP contribution >= 0.6 is 15.9 Å². The highest BCUT2D eigenvalue weighted by atomic mass is 79.9. The van der Waals surface area contributed by atoms with Crippen LogP contribution < -0.4 is 5.73 Å². The molecule has 0 aliphatic heterocycles. The van der Waals surface area contributed by atoms with Crippen molar-refractivity contribution >= 4 is 32.5 Å². The van der Waals surface area contributed by atoms with E-state index in [1.165, 1.54) is 0 Å². The Labute approximate surface area is 107 Å². The third-order valence-corrected chi connectivity index (χ3v) is 3.08. The smallest absolute Gasteiger partial charge is 0.167 e. The largest absolute Gasteiger partial charge is 0.507 e. The van der Waals surface area contributed by atoms with Crippen LogP contribution in [0, 0.1) is 0 Å². The number of carbonyl (C=O) groups excluding carboxylic acids is 1. The Morgan fingerprint density at radius 3 is 2.71 bits per heavy atom. The molecule has 0 bridgehead atoms. The van der Waals surface area contributed by atoms with Crippen molar-refractivity contribution in [3.8, 4) is 5.75 Å². The zero-order chi connectivity index (χ0) is 12.4. The second kappa shape index (κ2) is 4.85. The van der Waals surface area contributed by atoms with Crippen molar-refractivity contribution in [2.75, 3.05) is 6.54 Å². The van der Waals surface area contributed by atoms with Crippen molar-refractivity contribution in [2.45, 2.75) is 6.42 Å². The van der Waals surface area contributed by atoms with Crippen LogP contribution in [0.2, 0.25) is 0 Å². The van der Waals surface area contributed by atoms with Gasteiger partial charge in [-0.2, -0.15) is 0 Å². The monoisotopic (exact) mass is 293 g/mol. The van der Waals surface area contributed by atoms with Crippen molar-refractivity contribution in [3.05, 3.63) is 40.4 Å². The van der Waals surface area contributed by atoms with Gasteiger partial charge in [0.25, 0.3) is 0 Å². The summed E-state index contributed by atoms with van der Waals surface area (Å²) in [5.74, 6) is -0.120. The summed E-state index contributed by atoms with van der Waals surface area (Å²) in [5, 5.41) is 11.6. The summed E-state index contributed by atoms with van der Waals surface area (Å²) >= 11 is 3.38.